The lowest BCUT2D eigenvalue weighted by Gasteiger charge is -2.36. The maximum absolute atomic E-state index is 12.3. The van der Waals surface area contributed by atoms with E-state index in [0.29, 0.717) is 18.0 Å². The van der Waals surface area contributed by atoms with E-state index in [1.165, 1.54) is 0 Å². The molecule has 18 heavy (non-hydrogen) atoms. The third-order valence-corrected chi connectivity index (χ3v) is 4.43. The highest BCUT2D eigenvalue weighted by molar-refractivity contribution is 5.79. The molecule has 2 fully saturated rings. The van der Waals surface area contributed by atoms with Crippen molar-refractivity contribution in [2.24, 2.45) is 11.8 Å². The molecule has 0 aliphatic carbocycles. The van der Waals surface area contributed by atoms with E-state index < -0.39 is 0 Å². The molecular weight excluding hydrogens is 226 g/mol. The molecule has 2 rings (SSSR count). The molecule has 1 amide bonds. The SMILES string of the molecule is CC1CC(C(=O)NC2CCN(C)CC2C)CCN1. The molecule has 0 aromatic carbocycles. The second-order valence-corrected chi connectivity index (χ2v) is 6.22. The normalized spacial score (nSPS) is 38.4. The van der Waals surface area contributed by atoms with Crippen LogP contribution in [0.4, 0.5) is 0 Å². The third-order valence-electron chi connectivity index (χ3n) is 4.43. The van der Waals surface area contributed by atoms with Crippen molar-refractivity contribution in [1.82, 2.24) is 15.5 Å². The van der Waals surface area contributed by atoms with E-state index in [0.717, 1.165) is 38.9 Å². The summed E-state index contributed by atoms with van der Waals surface area (Å²) in [4.78, 5) is 14.6. The molecule has 0 aromatic heterocycles. The molecule has 0 radical (unpaired) electrons. The van der Waals surface area contributed by atoms with Crippen molar-refractivity contribution >= 4 is 5.91 Å². The van der Waals surface area contributed by atoms with Gasteiger partial charge in [-0.1, -0.05) is 6.92 Å². The van der Waals surface area contributed by atoms with Crippen molar-refractivity contribution in [1.29, 1.82) is 0 Å². The lowest BCUT2D eigenvalue weighted by atomic mass is 9.90. The summed E-state index contributed by atoms with van der Waals surface area (Å²) in [7, 11) is 2.16. The number of carbonyl (C=O) groups excluding carboxylic acids is 1. The van der Waals surface area contributed by atoms with Gasteiger partial charge in [0.1, 0.15) is 0 Å². The smallest absolute Gasteiger partial charge is 0.223 e. The Morgan fingerprint density at radius 3 is 2.78 bits per heavy atom. The Labute approximate surface area is 110 Å². The minimum absolute atomic E-state index is 0.216. The predicted molar refractivity (Wildman–Crippen MR) is 73.4 cm³/mol. The van der Waals surface area contributed by atoms with Gasteiger partial charge >= 0.3 is 0 Å². The number of hydrogen-bond donors (Lipinski definition) is 2. The number of likely N-dealkylation sites (tertiary alicyclic amines) is 1. The summed E-state index contributed by atoms with van der Waals surface area (Å²) in [5, 5.41) is 6.68. The molecule has 0 saturated carbocycles. The summed E-state index contributed by atoms with van der Waals surface area (Å²) >= 11 is 0. The molecule has 104 valence electrons. The van der Waals surface area contributed by atoms with Crippen molar-refractivity contribution in [3.05, 3.63) is 0 Å². The second kappa shape index (κ2) is 6.02. The maximum Gasteiger partial charge on any atom is 0.223 e. The van der Waals surface area contributed by atoms with E-state index in [2.05, 4.69) is 36.4 Å². The number of nitrogens with one attached hydrogen (secondary N) is 2. The van der Waals surface area contributed by atoms with Gasteiger partial charge < -0.3 is 15.5 Å². The highest BCUT2D eigenvalue weighted by Crippen LogP contribution is 2.19. The summed E-state index contributed by atoms with van der Waals surface area (Å²) in [5.41, 5.74) is 0. The van der Waals surface area contributed by atoms with E-state index in [9.17, 15) is 4.79 Å². The zero-order chi connectivity index (χ0) is 13.1. The minimum Gasteiger partial charge on any atom is -0.353 e. The van der Waals surface area contributed by atoms with Crippen LogP contribution >= 0.6 is 0 Å². The summed E-state index contributed by atoms with van der Waals surface area (Å²) < 4.78 is 0. The number of rotatable bonds is 2. The quantitative estimate of drug-likeness (QED) is 0.766. The van der Waals surface area contributed by atoms with E-state index in [-0.39, 0.29) is 11.8 Å². The molecular formula is C14H27N3O. The van der Waals surface area contributed by atoms with Crippen LogP contribution < -0.4 is 10.6 Å². The summed E-state index contributed by atoms with van der Waals surface area (Å²) in [6, 6.07) is 0.850. The van der Waals surface area contributed by atoms with Gasteiger partial charge in [-0.15, -0.1) is 0 Å². The number of amides is 1. The van der Waals surface area contributed by atoms with Crippen LogP contribution in [0, 0.1) is 11.8 Å². The van der Waals surface area contributed by atoms with Crippen LogP contribution in [0.25, 0.3) is 0 Å². The Balaban J connectivity index is 1.83. The van der Waals surface area contributed by atoms with Crippen LogP contribution in [-0.4, -0.2) is 49.6 Å². The highest BCUT2D eigenvalue weighted by atomic mass is 16.2. The van der Waals surface area contributed by atoms with Crippen LogP contribution in [-0.2, 0) is 4.79 Å². The second-order valence-electron chi connectivity index (χ2n) is 6.22. The van der Waals surface area contributed by atoms with Gasteiger partial charge in [-0.05, 0) is 52.2 Å². The average molecular weight is 253 g/mol. The zero-order valence-electron chi connectivity index (χ0n) is 11.9. The largest absolute Gasteiger partial charge is 0.353 e. The van der Waals surface area contributed by atoms with Gasteiger partial charge in [0, 0.05) is 24.5 Å². The van der Waals surface area contributed by atoms with Crippen molar-refractivity contribution < 1.29 is 4.79 Å². The van der Waals surface area contributed by atoms with E-state index in [1.807, 2.05) is 0 Å². The van der Waals surface area contributed by atoms with Gasteiger partial charge in [-0.25, -0.2) is 0 Å². The fourth-order valence-electron chi connectivity index (χ4n) is 3.24. The predicted octanol–water partition coefficient (Wildman–Crippen LogP) is 0.831. The first kappa shape index (κ1) is 13.8. The molecule has 2 aliphatic rings. The molecule has 2 aliphatic heterocycles. The van der Waals surface area contributed by atoms with Crippen LogP contribution in [0.1, 0.15) is 33.1 Å². The van der Waals surface area contributed by atoms with Gasteiger partial charge in [0.2, 0.25) is 5.91 Å². The van der Waals surface area contributed by atoms with Gasteiger partial charge in [0.15, 0.2) is 0 Å². The summed E-state index contributed by atoms with van der Waals surface area (Å²) in [6.07, 6.45) is 3.05. The number of hydrogen-bond acceptors (Lipinski definition) is 3. The first-order chi connectivity index (χ1) is 8.56. The molecule has 4 atom stereocenters. The number of carbonyl (C=O) groups is 1. The Hall–Kier alpha value is -0.610. The Morgan fingerprint density at radius 1 is 1.33 bits per heavy atom. The van der Waals surface area contributed by atoms with Crippen molar-refractivity contribution in [2.75, 3.05) is 26.7 Å². The number of piperidine rings is 2. The maximum atomic E-state index is 12.3. The van der Waals surface area contributed by atoms with Crippen LogP contribution in [0.5, 0.6) is 0 Å². The fourth-order valence-corrected chi connectivity index (χ4v) is 3.24. The first-order valence-corrected chi connectivity index (χ1v) is 7.28. The average Bonchev–Trinajstić information content (AvgIpc) is 2.32. The van der Waals surface area contributed by atoms with E-state index in [1.54, 1.807) is 0 Å². The highest BCUT2D eigenvalue weighted by Gasteiger charge is 2.30. The zero-order valence-corrected chi connectivity index (χ0v) is 11.9. The van der Waals surface area contributed by atoms with Crippen molar-refractivity contribution in [3.63, 3.8) is 0 Å². The Kier molecular flexibility index (Phi) is 4.62. The Morgan fingerprint density at radius 2 is 2.11 bits per heavy atom. The van der Waals surface area contributed by atoms with Crippen LogP contribution in [0.15, 0.2) is 0 Å². The number of nitrogens with zero attached hydrogens (tertiary/aromatic N) is 1. The summed E-state index contributed by atoms with van der Waals surface area (Å²) in [6.45, 7) is 7.57. The van der Waals surface area contributed by atoms with Gasteiger partial charge in [-0.2, -0.15) is 0 Å². The minimum atomic E-state index is 0.216. The molecule has 0 spiro atoms. The van der Waals surface area contributed by atoms with Gasteiger partial charge in [-0.3, -0.25) is 4.79 Å². The van der Waals surface area contributed by atoms with Crippen molar-refractivity contribution in [2.45, 2.75) is 45.2 Å². The van der Waals surface area contributed by atoms with Crippen LogP contribution in [0.3, 0.4) is 0 Å². The van der Waals surface area contributed by atoms with E-state index >= 15 is 0 Å². The monoisotopic (exact) mass is 253 g/mol. The fraction of sp³-hybridized carbons (Fsp3) is 0.929. The third kappa shape index (κ3) is 3.45. The van der Waals surface area contributed by atoms with Gasteiger partial charge in [0.25, 0.3) is 0 Å². The molecule has 2 saturated heterocycles. The van der Waals surface area contributed by atoms with Crippen molar-refractivity contribution in [3.8, 4) is 0 Å². The lowest BCUT2D eigenvalue weighted by Crippen LogP contribution is -2.51. The molecule has 4 unspecified atom stereocenters. The molecule has 2 N–H and O–H groups in total. The molecule has 2 heterocycles. The first-order valence-electron chi connectivity index (χ1n) is 7.28. The molecule has 0 aromatic rings. The lowest BCUT2D eigenvalue weighted by molar-refractivity contribution is -0.127. The Bertz CT molecular complexity index is 295. The standard InChI is InChI=1S/C14H27N3O/c1-10-9-17(3)7-5-13(10)16-14(18)12-4-6-15-11(2)8-12/h10-13,15H,4-9H2,1-3H3,(H,16,18). The van der Waals surface area contributed by atoms with Gasteiger partial charge in [0.05, 0.1) is 0 Å². The van der Waals surface area contributed by atoms with Crippen LogP contribution in [0.2, 0.25) is 0 Å². The molecule has 0 bridgehead atoms. The van der Waals surface area contributed by atoms with E-state index in [4.69, 9.17) is 0 Å². The molecule has 4 heteroatoms. The summed E-state index contributed by atoms with van der Waals surface area (Å²) in [5.74, 6) is 1.06. The topological polar surface area (TPSA) is 44.4 Å². The molecule has 4 nitrogen and oxygen atoms in total.